The number of aliphatic hydroxyl groups is 1. The minimum Gasteiger partial charge on any atom is -0.390 e. The van der Waals surface area contributed by atoms with Crippen molar-refractivity contribution in [3.8, 4) is 0 Å². The molecule has 0 heterocycles. The zero-order valence-corrected chi connectivity index (χ0v) is 6.85. The lowest BCUT2D eigenvalue weighted by Crippen LogP contribution is -2.26. The van der Waals surface area contributed by atoms with Crippen LogP contribution >= 0.6 is 0 Å². The molecule has 0 saturated carbocycles. The van der Waals surface area contributed by atoms with Crippen LogP contribution in [-0.2, 0) is 0 Å². The van der Waals surface area contributed by atoms with E-state index in [1.165, 1.54) is 6.21 Å². The molecule has 0 rings (SSSR count). The molecule has 0 aliphatic rings. The molecule has 2 nitrogen and oxygen atoms in total. The van der Waals surface area contributed by atoms with Crippen LogP contribution < -0.4 is 0 Å². The third-order valence-corrected chi connectivity index (χ3v) is 2.07. The number of rotatable bonds is 5. The Morgan fingerprint density at radius 1 is 1.40 bits per heavy atom. The minimum atomic E-state index is -0.516. The third-order valence-electron chi connectivity index (χ3n) is 2.07. The summed E-state index contributed by atoms with van der Waals surface area (Å²) in [5.74, 6) is 0. The van der Waals surface area contributed by atoms with Crippen LogP contribution in [0.2, 0.25) is 0 Å². The summed E-state index contributed by atoms with van der Waals surface area (Å²) in [5, 5.41) is 16.5. The zero-order chi connectivity index (χ0) is 8.04. The summed E-state index contributed by atoms with van der Waals surface area (Å²) < 4.78 is 0. The molecule has 0 aromatic rings. The molecule has 0 unspecified atom stereocenters. The van der Waals surface area contributed by atoms with E-state index in [2.05, 4.69) is 0 Å². The number of hydrogen-bond donors (Lipinski definition) is 2. The molecule has 0 radical (unpaired) electrons. The van der Waals surface area contributed by atoms with Crippen molar-refractivity contribution in [1.82, 2.24) is 0 Å². The lowest BCUT2D eigenvalue weighted by atomic mass is 9.92. The van der Waals surface area contributed by atoms with Gasteiger partial charge in [-0.3, -0.25) is 0 Å². The number of nitrogens with one attached hydrogen (secondary N) is 1. The smallest absolute Gasteiger partial charge is 0.0646 e. The Kier molecular flexibility index (Phi) is 4.28. The van der Waals surface area contributed by atoms with E-state index in [0.29, 0.717) is 6.42 Å². The maximum absolute atomic E-state index is 9.66. The van der Waals surface area contributed by atoms with Crippen LogP contribution in [0.1, 0.15) is 39.5 Å². The number of hydrogen-bond acceptors (Lipinski definition) is 2. The average molecular weight is 143 g/mol. The Bertz CT molecular complexity index is 97.4. The highest BCUT2D eigenvalue weighted by atomic mass is 16.3. The van der Waals surface area contributed by atoms with Gasteiger partial charge in [0.05, 0.1) is 5.60 Å². The molecule has 0 spiro atoms. The van der Waals surface area contributed by atoms with Crippen molar-refractivity contribution >= 4 is 6.21 Å². The van der Waals surface area contributed by atoms with Crippen LogP contribution in [0.4, 0.5) is 0 Å². The second kappa shape index (κ2) is 4.45. The van der Waals surface area contributed by atoms with Crippen molar-refractivity contribution in [3.63, 3.8) is 0 Å². The molecule has 0 aromatic carbocycles. The highest BCUT2D eigenvalue weighted by Gasteiger charge is 2.20. The van der Waals surface area contributed by atoms with Gasteiger partial charge in [-0.05, 0) is 31.9 Å². The Morgan fingerprint density at radius 3 is 2.20 bits per heavy atom. The van der Waals surface area contributed by atoms with E-state index in [1.54, 1.807) is 0 Å². The second-order valence-electron chi connectivity index (χ2n) is 2.67. The fraction of sp³-hybridized carbons (Fsp3) is 0.875. The molecule has 10 heavy (non-hydrogen) atoms. The van der Waals surface area contributed by atoms with Crippen molar-refractivity contribution in [2.24, 2.45) is 0 Å². The Hall–Kier alpha value is -0.370. The maximum Gasteiger partial charge on any atom is 0.0646 e. The Balaban J connectivity index is 3.68. The van der Waals surface area contributed by atoms with E-state index < -0.39 is 5.60 Å². The lowest BCUT2D eigenvalue weighted by Gasteiger charge is -2.23. The molecular weight excluding hydrogens is 126 g/mol. The first-order chi connectivity index (χ1) is 4.68. The zero-order valence-electron chi connectivity index (χ0n) is 6.85. The van der Waals surface area contributed by atoms with Gasteiger partial charge in [0.25, 0.3) is 0 Å². The highest BCUT2D eigenvalue weighted by Crippen LogP contribution is 2.19. The van der Waals surface area contributed by atoms with Crippen LogP contribution in [0.3, 0.4) is 0 Å². The van der Waals surface area contributed by atoms with Gasteiger partial charge in [-0.1, -0.05) is 13.8 Å². The molecule has 0 fully saturated rings. The van der Waals surface area contributed by atoms with E-state index in [-0.39, 0.29) is 0 Å². The summed E-state index contributed by atoms with van der Waals surface area (Å²) in [6, 6.07) is 0. The first kappa shape index (κ1) is 9.63. The van der Waals surface area contributed by atoms with Gasteiger partial charge >= 0.3 is 0 Å². The van der Waals surface area contributed by atoms with E-state index >= 15 is 0 Å². The summed E-state index contributed by atoms with van der Waals surface area (Å²) in [6.45, 7) is 3.96. The standard InChI is InChI=1S/C8H17NO/c1-3-8(10,4-2)6-5-7-9/h7,9-10H,3-6H2,1-2H3. The largest absolute Gasteiger partial charge is 0.390 e. The molecule has 0 bridgehead atoms. The van der Waals surface area contributed by atoms with Crippen molar-refractivity contribution < 1.29 is 5.11 Å². The minimum absolute atomic E-state index is 0.516. The van der Waals surface area contributed by atoms with Crippen LogP contribution in [0.5, 0.6) is 0 Å². The monoisotopic (exact) mass is 143 g/mol. The van der Waals surface area contributed by atoms with Gasteiger partial charge in [0.1, 0.15) is 0 Å². The molecular formula is C8H17NO. The van der Waals surface area contributed by atoms with Crippen molar-refractivity contribution in [2.75, 3.05) is 0 Å². The van der Waals surface area contributed by atoms with Crippen LogP contribution in [0, 0.1) is 5.41 Å². The van der Waals surface area contributed by atoms with Crippen LogP contribution in [0.15, 0.2) is 0 Å². The van der Waals surface area contributed by atoms with Crippen molar-refractivity contribution in [3.05, 3.63) is 0 Å². The fourth-order valence-electron chi connectivity index (χ4n) is 0.944. The molecule has 0 atom stereocenters. The van der Waals surface area contributed by atoms with E-state index in [9.17, 15) is 5.11 Å². The van der Waals surface area contributed by atoms with E-state index in [4.69, 9.17) is 5.41 Å². The third kappa shape index (κ3) is 2.97. The SMILES string of the molecule is CCC(O)(CC)CCC=N. The van der Waals surface area contributed by atoms with Crippen molar-refractivity contribution in [2.45, 2.75) is 45.1 Å². The van der Waals surface area contributed by atoms with Gasteiger partial charge in [-0.2, -0.15) is 0 Å². The summed E-state index contributed by atoms with van der Waals surface area (Å²) in [7, 11) is 0. The highest BCUT2D eigenvalue weighted by molar-refractivity contribution is 5.52. The predicted octanol–water partition coefficient (Wildman–Crippen LogP) is 1.97. The summed E-state index contributed by atoms with van der Waals surface area (Å²) >= 11 is 0. The van der Waals surface area contributed by atoms with E-state index in [1.807, 2.05) is 13.8 Å². The molecule has 60 valence electrons. The summed E-state index contributed by atoms with van der Waals surface area (Å²) in [5.41, 5.74) is -0.516. The first-order valence-electron chi connectivity index (χ1n) is 3.90. The lowest BCUT2D eigenvalue weighted by molar-refractivity contribution is 0.0258. The summed E-state index contributed by atoms with van der Waals surface area (Å²) in [4.78, 5) is 0. The van der Waals surface area contributed by atoms with E-state index in [0.717, 1.165) is 19.3 Å². The fourth-order valence-corrected chi connectivity index (χ4v) is 0.944. The topological polar surface area (TPSA) is 44.1 Å². The molecule has 0 aliphatic carbocycles. The normalized spacial score (nSPS) is 11.5. The molecule has 2 heteroatoms. The molecule has 0 amide bonds. The Morgan fingerprint density at radius 2 is 1.90 bits per heavy atom. The van der Waals surface area contributed by atoms with Gasteiger partial charge in [0.15, 0.2) is 0 Å². The first-order valence-corrected chi connectivity index (χ1v) is 3.90. The summed E-state index contributed by atoms with van der Waals surface area (Å²) in [6.07, 6.45) is 4.35. The quantitative estimate of drug-likeness (QED) is 0.568. The van der Waals surface area contributed by atoms with Crippen LogP contribution in [-0.4, -0.2) is 16.9 Å². The van der Waals surface area contributed by atoms with Gasteiger partial charge < -0.3 is 10.5 Å². The van der Waals surface area contributed by atoms with Crippen LogP contribution in [0.25, 0.3) is 0 Å². The second-order valence-corrected chi connectivity index (χ2v) is 2.67. The average Bonchev–Trinajstić information content (AvgIpc) is 2.00. The molecule has 0 aliphatic heterocycles. The van der Waals surface area contributed by atoms with Gasteiger partial charge in [-0.25, -0.2) is 0 Å². The molecule has 2 N–H and O–H groups in total. The van der Waals surface area contributed by atoms with Crippen molar-refractivity contribution in [1.29, 1.82) is 5.41 Å². The Labute approximate surface area is 62.8 Å². The maximum atomic E-state index is 9.66. The van der Waals surface area contributed by atoms with Gasteiger partial charge in [-0.15, -0.1) is 0 Å². The molecule has 0 aromatic heterocycles. The predicted molar refractivity (Wildman–Crippen MR) is 43.5 cm³/mol. The van der Waals surface area contributed by atoms with Gasteiger partial charge in [0, 0.05) is 0 Å². The van der Waals surface area contributed by atoms with Gasteiger partial charge in [0.2, 0.25) is 0 Å². The molecule has 0 saturated heterocycles.